The van der Waals surface area contributed by atoms with Gasteiger partial charge in [0.2, 0.25) is 0 Å². The van der Waals surface area contributed by atoms with Crippen LogP contribution < -0.4 is 10.6 Å². The summed E-state index contributed by atoms with van der Waals surface area (Å²) in [4.78, 5) is 12.3. The Hall–Kier alpha value is -1.55. The molecule has 19 heavy (non-hydrogen) atoms. The van der Waals surface area contributed by atoms with E-state index in [1.165, 1.54) is 0 Å². The van der Waals surface area contributed by atoms with Crippen molar-refractivity contribution < 1.29 is 9.90 Å². The Kier molecular flexibility index (Phi) is 4.80. The monoisotopic (exact) mass is 262 g/mol. The minimum atomic E-state index is -0.423. The van der Waals surface area contributed by atoms with E-state index in [1.807, 2.05) is 18.2 Å². The number of anilines is 1. The fourth-order valence-corrected chi connectivity index (χ4v) is 2.60. The van der Waals surface area contributed by atoms with Gasteiger partial charge in [0.1, 0.15) is 0 Å². The Morgan fingerprint density at radius 2 is 1.95 bits per heavy atom. The molecule has 2 unspecified atom stereocenters. The van der Waals surface area contributed by atoms with Crippen LogP contribution in [0.1, 0.15) is 42.5 Å². The number of amides is 1. The third-order valence-electron chi connectivity index (χ3n) is 3.74. The Morgan fingerprint density at radius 1 is 1.21 bits per heavy atom. The second-order valence-corrected chi connectivity index (χ2v) is 5.08. The molecule has 2 rings (SSSR count). The third kappa shape index (κ3) is 3.47. The highest BCUT2D eigenvalue weighted by atomic mass is 16.3. The third-order valence-corrected chi connectivity index (χ3v) is 3.74. The molecule has 0 aromatic heterocycles. The summed E-state index contributed by atoms with van der Waals surface area (Å²) in [5.74, 6) is -0.115. The Balaban J connectivity index is 2.07. The van der Waals surface area contributed by atoms with Crippen molar-refractivity contribution in [2.24, 2.45) is 0 Å². The summed E-state index contributed by atoms with van der Waals surface area (Å²) in [5.41, 5.74) is 1.43. The lowest BCUT2D eigenvalue weighted by Gasteiger charge is -2.22. The summed E-state index contributed by atoms with van der Waals surface area (Å²) in [6.45, 7) is 0. The first kappa shape index (κ1) is 13.9. The van der Waals surface area contributed by atoms with Gasteiger partial charge in [-0.05, 0) is 25.0 Å². The van der Waals surface area contributed by atoms with Crippen LogP contribution in [0.25, 0.3) is 0 Å². The smallest absolute Gasteiger partial charge is 0.253 e. The van der Waals surface area contributed by atoms with E-state index in [0.29, 0.717) is 5.56 Å². The number of para-hydroxylation sites is 1. The van der Waals surface area contributed by atoms with Gasteiger partial charge in [-0.25, -0.2) is 0 Å². The molecule has 3 N–H and O–H groups in total. The molecule has 1 aromatic rings. The minimum absolute atomic E-state index is 0.115. The highest BCUT2D eigenvalue weighted by Crippen LogP contribution is 2.20. The van der Waals surface area contributed by atoms with Crippen LogP contribution >= 0.6 is 0 Å². The fourth-order valence-electron chi connectivity index (χ4n) is 2.60. The zero-order chi connectivity index (χ0) is 13.7. The summed E-state index contributed by atoms with van der Waals surface area (Å²) in [7, 11) is 1.80. The molecule has 0 heterocycles. The number of hydrogen-bond donors (Lipinski definition) is 3. The number of aliphatic hydroxyl groups is 1. The molecule has 4 nitrogen and oxygen atoms in total. The van der Waals surface area contributed by atoms with Crippen LogP contribution in [0.15, 0.2) is 24.3 Å². The van der Waals surface area contributed by atoms with Gasteiger partial charge in [-0.15, -0.1) is 0 Å². The lowest BCUT2D eigenvalue weighted by atomic mass is 10.0. The molecule has 4 heteroatoms. The van der Waals surface area contributed by atoms with Crippen molar-refractivity contribution in [1.29, 1.82) is 0 Å². The molecule has 1 amide bonds. The van der Waals surface area contributed by atoms with Gasteiger partial charge in [-0.2, -0.15) is 0 Å². The number of nitrogens with one attached hydrogen (secondary N) is 2. The zero-order valence-corrected chi connectivity index (χ0v) is 11.4. The molecule has 1 fully saturated rings. The molecule has 0 bridgehead atoms. The molecule has 1 aliphatic carbocycles. The van der Waals surface area contributed by atoms with Crippen LogP contribution in [-0.2, 0) is 0 Å². The molecule has 0 radical (unpaired) electrons. The van der Waals surface area contributed by atoms with E-state index in [9.17, 15) is 9.90 Å². The van der Waals surface area contributed by atoms with Crippen molar-refractivity contribution in [3.05, 3.63) is 29.8 Å². The van der Waals surface area contributed by atoms with Crippen LogP contribution in [0, 0.1) is 0 Å². The van der Waals surface area contributed by atoms with Gasteiger partial charge < -0.3 is 15.7 Å². The molecule has 0 spiro atoms. The van der Waals surface area contributed by atoms with Crippen LogP contribution in [0.5, 0.6) is 0 Å². The van der Waals surface area contributed by atoms with E-state index >= 15 is 0 Å². The van der Waals surface area contributed by atoms with Crippen molar-refractivity contribution in [1.82, 2.24) is 5.32 Å². The standard InChI is InChI=1S/C15H22N2O2/c1-16-12-8-6-5-7-11(12)15(19)17-13-9-3-2-4-10-14(13)18/h5-8,13-14,16,18H,2-4,9-10H2,1H3,(H,17,19). The van der Waals surface area contributed by atoms with Gasteiger partial charge in [-0.1, -0.05) is 31.4 Å². The number of carbonyl (C=O) groups excluding carboxylic acids is 1. The molecule has 1 aromatic carbocycles. The van der Waals surface area contributed by atoms with Crippen molar-refractivity contribution in [3.63, 3.8) is 0 Å². The van der Waals surface area contributed by atoms with Crippen LogP contribution in [-0.4, -0.2) is 30.2 Å². The number of hydrogen-bond acceptors (Lipinski definition) is 3. The maximum Gasteiger partial charge on any atom is 0.253 e. The van der Waals surface area contributed by atoms with Crippen molar-refractivity contribution in [3.8, 4) is 0 Å². The second-order valence-electron chi connectivity index (χ2n) is 5.08. The second kappa shape index (κ2) is 6.57. The molecule has 0 aliphatic heterocycles. The minimum Gasteiger partial charge on any atom is -0.391 e. The van der Waals surface area contributed by atoms with E-state index in [2.05, 4.69) is 10.6 Å². The molecule has 0 saturated heterocycles. The fraction of sp³-hybridized carbons (Fsp3) is 0.533. The van der Waals surface area contributed by atoms with E-state index in [-0.39, 0.29) is 11.9 Å². The molecular formula is C15H22N2O2. The first-order valence-corrected chi connectivity index (χ1v) is 6.98. The predicted octanol–water partition coefficient (Wildman–Crippen LogP) is 2.15. The summed E-state index contributed by atoms with van der Waals surface area (Å²) < 4.78 is 0. The summed E-state index contributed by atoms with van der Waals surface area (Å²) in [5, 5.41) is 16.0. The molecule has 104 valence electrons. The quantitative estimate of drug-likeness (QED) is 0.731. The van der Waals surface area contributed by atoms with Crippen LogP contribution in [0.3, 0.4) is 0 Å². The Bertz CT molecular complexity index is 434. The number of benzene rings is 1. The van der Waals surface area contributed by atoms with Gasteiger partial charge in [0.15, 0.2) is 0 Å². The highest BCUT2D eigenvalue weighted by Gasteiger charge is 2.24. The first-order valence-electron chi connectivity index (χ1n) is 6.98. The molecule has 1 aliphatic rings. The topological polar surface area (TPSA) is 61.4 Å². The van der Waals surface area contributed by atoms with Crippen molar-refractivity contribution in [2.45, 2.75) is 44.2 Å². The predicted molar refractivity (Wildman–Crippen MR) is 76.3 cm³/mol. The van der Waals surface area contributed by atoms with Gasteiger partial charge >= 0.3 is 0 Å². The molecular weight excluding hydrogens is 240 g/mol. The molecule has 2 atom stereocenters. The van der Waals surface area contributed by atoms with Crippen molar-refractivity contribution >= 4 is 11.6 Å². The Morgan fingerprint density at radius 3 is 2.74 bits per heavy atom. The van der Waals surface area contributed by atoms with E-state index in [1.54, 1.807) is 13.1 Å². The van der Waals surface area contributed by atoms with Crippen LogP contribution in [0.4, 0.5) is 5.69 Å². The maximum atomic E-state index is 12.3. The number of carbonyl (C=O) groups is 1. The summed E-state index contributed by atoms with van der Waals surface area (Å²) in [6.07, 6.45) is 4.45. The number of rotatable bonds is 3. The van der Waals surface area contributed by atoms with E-state index < -0.39 is 6.10 Å². The van der Waals surface area contributed by atoms with Crippen molar-refractivity contribution in [2.75, 3.05) is 12.4 Å². The van der Waals surface area contributed by atoms with Gasteiger partial charge in [0, 0.05) is 12.7 Å². The maximum absolute atomic E-state index is 12.3. The van der Waals surface area contributed by atoms with Crippen LogP contribution in [0.2, 0.25) is 0 Å². The zero-order valence-electron chi connectivity index (χ0n) is 11.4. The van der Waals surface area contributed by atoms with E-state index in [4.69, 9.17) is 0 Å². The lowest BCUT2D eigenvalue weighted by molar-refractivity contribution is 0.0819. The van der Waals surface area contributed by atoms with E-state index in [0.717, 1.165) is 37.8 Å². The van der Waals surface area contributed by atoms with Gasteiger partial charge in [-0.3, -0.25) is 4.79 Å². The summed E-state index contributed by atoms with van der Waals surface area (Å²) in [6, 6.07) is 7.28. The van der Waals surface area contributed by atoms with Gasteiger partial charge in [0.25, 0.3) is 5.91 Å². The summed E-state index contributed by atoms with van der Waals surface area (Å²) >= 11 is 0. The highest BCUT2D eigenvalue weighted by molar-refractivity contribution is 5.99. The average molecular weight is 262 g/mol. The largest absolute Gasteiger partial charge is 0.391 e. The number of aliphatic hydroxyl groups excluding tert-OH is 1. The molecule has 1 saturated carbocycles. The first-order chi connectivity index (χ1) is 9.22. The Labute approximate surface area is 114 Å². The SMILES string of the molecule is CNc1ccccc1C(=O)NC1CCCCCC1O. The average Bonchev–Trinajstić information content (AvgIpc) is 2.64. The lowest BCUT2D eigenvalue weighted by Crippen LogP contribution is -2.42. The normalized spacial score (nSPS) is 23.5. The van der Waals surface area contributed by atoms with Gasteiger partial charge in [0.05, 0.1) is 17.7 Å².